The molecule has 0 bridgehead atoms. The van der Waals surface area contributed by atoms with Crippen LogP contribution in [-0.2, 0) is 11.4 Å². The van der Waals surface area contributed by atoms with E-state index in [4.69, 9.17) is 9.84 Å². The number of carbonyl (C=O) groups is 1. The Hall–Kier alpha value is -2.65. The van der Waals surface area contributed by atoms with Gasteiger partial charge in [0.1, 0.15) is 5.75 Å². The molecule has 2 aromatic rings. The normalized spacial score (nSPS) is 17.9. The minimum atomic E-state index is 0.0323. The molecule has 3 nitrogen and oxygen atoms in total. The number of Topliss-reactive ketones (excluding diaryl/α,β-unsaturated/α-hetero) is 1. The molecular weight excluding hydrogens is 312 g/mol. The van der Waals surface area contributed by atoms with Crippen molar-refractivity contribution in [1.29, 1.82) is 0 Å². The topological polar surface area (TPSA) is 46.5 Å². The number of aliphatic hydroxyl groups is 1. The van der Waals surface area contributed by atoms with Crippen molar-refractivity contribution in [3.63, 3.8) is 0 Å². The zero-order valence-electron chi connectivity index (χ0n) is 14.4. The Morgan fingerprint density at radius 1 is 0.920 bits per heavy atom. The number of ketones is 1. The second-order valence-corrected chi connectivity index (χ2v) is 6.19. The van der Waals surface area contributed by atoms with Gasteiger partial charge in [0, 0.05) is 11.1 Å². The van der Waals surface area contributed by atoms with Gasteiger partial charge >= 0.3 is 0 Å². The number of methoxy groups -OCH3 is 1. The van der Waals surface area contributed by atoms with Crippen LogP contribution in [0, 0.1) is 0 Å². The lowest BCUT2D eigenvalue weighted by atomic mass is 9.87. The van der Waals surface area contributed by atoms with Crippen LogP contribution in [-0.4, -0.2) is 18.0 Å². The second-order valence-electron chi connectivity index (χ2n) is 6.19. The Balaban J connectivity index is 1.81. The Kier molecular flexibility index (Phi) is 5.46. The van der Waals surface area contributed by atoms with Gasteiger partial charge in [0.05, 0.1) is 13.7 Å². The van der Waals surface area contributed by atoms with Crippen LogP contribution in [0.25, 0.3) is 12.2 Å². The summed E-state index contributed by atoms with van der Waals surface area (Å²) < 4.78 is 5.17. The predicted octanol–water partition coefficient (Wildman–Crippen LogP) is 4.41. The number of carbonyl (C=O) groups excluding carboxylic acids is 1. The van der Waals surface area contributed by atoms with E-state index >= 15 is 0 Å². The van der Waals surface area contributed by atoms with Gasteiger partial charge in [-0.05, 0) is 60.2 Å². The van der Waals surface area contributed by atoms with Gasteiger partial charge < -0.3 is 9.84 Å². The SMILES string of the molecule is COc1ccc(/C=C2\CCC/C(=C\c3ccc(CO)cc3)C2=O)cc1. The molecule has 2 aromatic carbocycles. The average molecular weight is 334 g/mol. The first-order valence-electron chi connectivity index (χ1n) is 8.49. The van der Waals surface area contributed by atoms with Crippen molar-refractivity contribution in [2.75, 3.05) is 7.11 Å². The fourth-order valence-electron chi connectivity index (χ4n) is 3.00. The van der Waals surface area contributed by atoms with Crippen molar-refractivity contribution in [1.82, 2.24) is 0 Å². The quantitative estimate of drug-likeness (QED) is 0.843. The van der Waals surface area contributed by atoms with E-state index in [0.717, 1.165) is 52.8 Å². The molecule has 0 spiro atoms. The van der Waals surface area contributed by atoms with Crippen LogP contribution in [0.4, 0.5) is 0 Å². The van der Waals surface area contributed by atoms with Crippen molar-refractivity contribution in [3.8, 4) is 5.75 Å². The van der Waals surface area contributed by atoms with Gasteiger partial charge in [0.25, 0.3) is 0 Å². The van der Waals surface area contributed by atoms with Gasteiger partial charge in [-0.25, -0.2) is 0 Å². The number of rotatable bonds is 4. The van der Waals surface area contributed by atoms with Crippen molar-refractivity contribution in [2.24, 2.45) is 0 Å². The highest BCUT2D eigenvalue weighted by molar-refractivity contribution is 6.13. The number of hydrogen-bond donors (Lipinski definition) is 1. The van der Waals surface area contributed by atoms with E-state index in [-0.39, 0.29) is 12.4 Å². The maximum atomic E-state index is 12.8. The third-order valence-electron chi connectivity index (χ3n) is 4.44. The molecule has 1 N–H and O–H groups in total. The first kappa shape index (κ1) is 17.2. The summed E-state index contributed by atoms with van der Waals surface area (Å²) in [6, 6.07) is 15.4. The molecule has 0 atom stereocenters. The molecule has 1 fully saturated rings. The summed E-state index contributed by atoms with van der Waals surface area (Å²) in [6.45, 7) is 0.0323. The number of benzene rings is 2. The predicted molar refractivity (Wildman–Crippen MR) is 100 cm³/mol. The molecule has 1 saturated carbocycles. The Bertz CT molecular complexity index is 729. The van der Waals surface area contributed by atoms with Crippen LogP contribution < -0.4 is 4.74 Å². The largest absolute Gasteiger partial charge is 0.497 e. The zero-order valence-corrected chi connectivity index (χ0v) is 14.4. The maximum absolute atomic E-state index is 12.8. The number of ether oxygens (including phenoxy) is 1. The molecule has 1 aliphatic rings. The Morgan fingerprint density at radius 3 is 1.92 bits per heavy atom. The van der Waals surface area contributed by atoms with Crippen LogP contribution in [0.5, 0.6) is 5.75 Å². The lowest BCUT2D eigenvalue weighted by molar-refractivity contribution is -0.112. The standard InChI is InChI=1S/C22H22O3/c1-25-21-11-9-17(10-12-21)14-20-4-2-3-19(22(20)24)13-16-5-7-18(15-23)8-6-16/h5-14,23H,2-4,15H2,1H3/b19-13+,20-14+. The summed E-state index contributed by atoms with van der Waals surface area (Å²) in [6.07, 6.45) is 6.54. The highest BCUT2D eigenvalue weighted by Gasteiger charge is 2.20. The van der Waals surface area contributed by atoms with E-state index in [0.29, 0.717) is 0 Å². The van der Waals surface area contributed by atoms with E-state index in [9.17, 15) is 4.79 Å². The van der Waals surface area contributed by atoms with Gasteiger partial charge in [0.15, 0.2) is 5.78 Å². The Labute approximate surface area is 148 Å². The highest BCUT2D eigenvalue weighted by Crippen LogP contribution is 2.28. The smallest absolute Gasteiger partial charge is 0.185 e. The van der Waals surface area contributed by atoms with E-state index < -0.39 is 0 Å². The molecule has 0 aromatic heterocycles. The van der Waals surface area contributed by atoms with Gasteiger partial charge in [-0.3, -0.25) is 4.79 Å². The first-order chi connectivity index (χ1) is 12.2. The monoisotopic (exact) mass is 334 g/mol. The van der Waals surface area contributed by atoms with Crippen LogP contribution >= 0.6 is 0 Å². The summed E-state index contributed by atoms with van der Waals surface area (Å²) in [5.74, 6) is 0.942. The molecular formula is C22H22O3. The number of allylic oxidation sites excluding steroid dienone is 2. The Morgan fingerprint density at radius 2 is 1.44 bits per heavy atom. The van der Waals surface area contributed by atoms with E-state index in [2.05, 4.69) is 0 Å². The molecule has 0 amide bonds. The fourth-order valence-corrected chi connectivity index (χ4v) is 3.00. The summed E-state index contributed by atoms with van der Waals surface area (Å²) in [4.78, 5) is 12.8. The highest BCUT2D eigenvalue weighted by atomic mass is 16.5. The molecule has 0 aliphatic heterocycles. The summed E-state index contributed by atoms with van der Waals surface area (Å²) in [7, 11) is 1.64. The third-order valence-corrected chi connectivity index (χ3v) is 4.44. The fraction of sp³-hybridized carbons (Fsp3) is 0.227. The average Bonchev–Trinajstić information content (AvgIpc) is 2.66. The summed E-state index contributed by atoms with van der Waals surface area (Å²) in [5.41, 5.74) is 4.58. The number of aliphatic hydroxyl groups excluding tert-OH is 1. The van der Waals surface area contributed by atoms with Crippen LogP contribution in [0.1, 0.15) is 36.0 Å². The lowest BCUT2D eigenvalue weighted by Crippen LogP contribution is -2.12. The van der Waals surface area contributed by atoms with E-state index in [1.54, 1.807) is 7.11 Å². The molecule has 0 radical (unpaired) electrons. The first-order valence-corrected chi connectivity index (χ1v) is 8.49. The van der Waals surface area contributed by atoms with E-state index in [1.807, 2.05) is 60.7 Å². The van der Waals surface area contributed by atoms with Crippen molar-refractivity contribution < 1.29 is 14.6 Å². The maximum Gasteiger partial charge on any atom is 0.185 e. The summed E-state index contributed by atoms with van der Waals surface area (Å²) >= 11 is 0. The minimum absolute atomic E-state index is 0.0323. The molecule has 1 aliphatic carbocycles. The van der Waals surface area contributed by atoms with Crippen molar-refractivity contribution in [3.05, 3.63) is 76.4 Å². The number of hydrogen-bond acceptors (Lipinski definition) is 3. The van der Waals surface area contributed by atoms with Gasteiger partial charge in [-0.1, -0.05) is 36.4 Å². The summed E-state index contributed by atoms with van der Waals surface area (Å²) in [5, 5.41) is 9.11. The molecule has 3 heteroatoms. The third kappa shape index (κ3) is 4.25. The molecule has 0 unspecified atom stereocenters. The van der Waals surface area contributed by atoms with Crippen LogP contribution in [0.3, 0.4) is 0 Å². The second kappa shape index (κ2) is 7.95. The molecule has 25 heavy (non-hydrogen) atoms. The zero-order chi connectivity index (χ0) is 17.6. The van der Waals surface area contributed by atoms with Crippen LogP contribution in [0.15, 0.2) is 59.7 Å². The molecule has 128 valence electrons. The van der Waals surface area contributed by atoms with Gasteiger partial charge in [0.2, 0.25) is 0 Å². The van der Waals surface area contributed by atoms with Crippen molar-refractivity contribution >= 4 is 17.9 Å². The molecule has 3 rings (SSSR count). The minimum Gasteiger partial charge on any atom is -0.497 e. The van der Waals surface area contributed by atoms with Crippen LogP contribution in [0.2, 0.25) is 0 Å². The van der Waals surface area contributed by atoms with Gasteiger partial charge in [-0.2, -0.15) is 0 Å². The van der Waals surface area contributed by atoms with E-state index in [1.165, 1.54) is 0 Å². The van der Waals surface area contributed by atoms with Gasteiger partial charge in [-0.15, -0.1) is 0 Å². The lowest BCUT2D eigenvalue weighted by Gasteiger charge is -2.16. The van der Waals surface area contributed by atoms with Crippen molar-refractivity contribution in [2.45, 2.75) is 25.9 Å². The molecule has 0 heterocycles. The molecule has 0 saturated heterocycles.